The molecule has 3 rings (SSSR count). The Balaban J connectivity index is 1.65. The van der Waals surface area contributed by atoms with Crippen LogP contribution in [0.5, 0.6) is 0 Å². The molecule has 3 aromatic rings. The van der Waals surface area contributed by atoms with Crippen LogP contribution < -0.4 is 10.2 Å². The average Bonchev–Trinajstić information content (AvgIpc) is 3.08. The second-order valence-corrected chi connectivity index (χ2v) is 6.76. The smallest absolute Gasteiger partial charge is 0.269 e. The van der Waals surface area contributed by atoms with E-state index in [1.165, 1.54) is 16.8 Å². The van der Waals surface area contributed by atoms with Crippen LogP contribution in [0.2, 0.25) is 0 Å². The summed E-state index contributed by atoms with van der Waals surface area (Å²) >= 11 is 0. The summed E-state index contributed by atoms with van der Waals surface area (Å²) in [4.78, 5) is 14.5. The molecule has 7 heteroatoms. The van der Waals surface area contributed by atoms with Gasteiger partial charge in [0.2, 0.25) is 0 Å². The van der Waals surface area contributed by atoms with Gasteiger partial charge in [-0.2, -0.15) is 5.10 Å². The summed E-state index contributed by atoms with van der Waals surface area (Å²) in [5.74, 6) is -0.669. The number of anilines is 1. The predicted octanol–water partition coefficient (Wildman–Crippen LogP) is 2.76. The summed E-state index contributed by atoms with van der Waals surface area (Å²) < 4.78 is 14.5. The van der Waals surface area contributed by atoms with Crippen molar-refractivity contribution < 1.29 is 14.3 Å². The number of aryl methyl sites for hydroxylation is 1. The standard InChI is InChI=1S/C21H23FN4O2/c1-25(2)17-10-6-15(7-11-17)20(27)13-23-21(28)19-12-18(24-26(19)3)14-4-8-16(22)9-5-14/h4-12,20,27H,13H2,1-3H3,(H,23,28). The number of halogens is 1. The fourth-order valence-electron chi connectivity index (χ4n) is 2.83. The lowest BCUT2D eigenvalue weighted by Gasteiger charge is -2.15. The van der Waals surface area contributed by atoms with Gasteiger partial charge in [-0.05, 0) is 48.0 Å². The first kappa shape index (κ1) is 19.6. The van der Waals surface area contributed by atoms with Crippen LogP contribution in [0.1, 0.15) is 22.2 Å². The van der Waals surface area contributed by atoms with Crippen LogP contribution in [0.3, 0.4) is 0 Å². The van der Waals surface area contributed by atoms with Gasteiger partial charge in [-0.15, -0.1) is 0 Å². The monoisotopic (exact) mass is 382 g/mol. The van der Waals surface area contributed by atoms with Gasteiger partial charge < -0.3 is 15.3 Å². The second kappa shape index (κ2) is 8.22. The maximum absolute atomic E-state index is 13.1. The van der Waals surface area contributed by atoms with Crippen molar-refractivity contribution in [2.75, 3.05) is 25.5 Å². The SMILES string of the molecule is CN(C)c1ccc(C(O)CNC(=O)c2cc(-c3ccc(F)cc3)nn2C)cc1. The van der Waals surface area contributed by atoms with Crippen molar-refractivity contribution in [1.82, 2.24) is 15.1 Å². The molecule has 0 saturated carbocycles. The molecule has 1 atom stereocenters. The van der Waals surface area contributed by atoms with Gasteiger partial charge in [0.25, 0.3) is 5.91 Å². The van der Waals surface area contributed by atoms with Crippen LogP contribution in [0.4, 0.5) is 10.1 Å². The molecule has 28 heavy (non-hydrogen) atoms. The molecule has 1 unspecified atom stereocenters. The number of benzene rings is 2. The number of aliphatic hydroxyl groups excluding tert-OH is 1. The number of rotatable bonds is 6. The highest BCUT2D eigenvalue weighted by Crippen LogP contribution is 2.20. The summed E-state index contributed by atoms with van der Waals surface area (Å²) in [5, 5.41) is 17.4. The molecule has 0 aliphatic rings. The Labute approximate surface area is 163 Å². The van der Waals surface area contributed by atoms with E-state index in [9.17, 15) is 14.3 Å². The molecule has 146 valence electrons. The van der Waals surface area contributed by atoms with Crippen molar-refractivity contribution in [3.05, 3.63) is 71.7 Å². The fraction of sp³-hybridized carbons (Fsp3) is 0.238. The number of hydrogen-bond acceptors (Lipinski definition) is 4. The molecule has 2 N–H and O–H groups in total. The molecule has 0 radical (unpaired) electrons. The maximum Gasteiger partial charge on any atom is 0.269 e. The first-order chi connectivity index (χ1) is 13.3. The Morgan fingerprint density at radius 1 is 1.18 bits per heavy atom. The lowest BCUT2D eigenvalue weighted by Crippen LogP contribution is -2.29. The van der Waals surface area contributed by atoms with Crippen LogP contribution in [0.25, 0.3) is 11.3 Å². The van der Waals surface area contributed by atoms with E-state index in [0.29, 0.717) is 11.4 Å². The minimum absolute atomic E-state index is 0.0806. The zero-order valence-electron chi connectivity index (χ0n) is 16.1. The van der Waals surface area contributed by atoms with Crippen LogP contribution >= 0.6 is 0 Å². The Kier molecular flexibility index (Phi) is 5.75. The summed E-state index contributed by atoms with van der Waals surface area (Å²) in [6, 6.07) is 15.1. The van der Waals surface area contributed by atoms with E-state index in [2.05, 4.69) is 10.4 Å². The summed E-state index contributed by atoms with van der Waals surface area (Å²) in [6.07, 6.45) is -0.815. The number of aromatic nitrogens is 2. The topological polar surface area (TPSA) is 70.4 Å². The van der Waals surface area contributed by atoms with Gasteiger partial charge in [-0.3, -0.25) is 9.48 Å². The minimum atomic E-state index is -0.815. The first-order valence-corrected chi connectivity index (χ1v) is 8.88. The number of amides is 1. The molecule has 1 amide bonds. The minimum Gasteiger partial charge on any atom is -0.387 e. The number of aliphatic hydroxyl groups is 1. The molecule has 0 fully saturated rings. The largest absolute Gasteiger partial charge is 0.387 e. The molecule has 0 bridgehead atoms. The third-order valence-corrected chi connectivity index (χ3v) is 4.50. The average molecular weight is 382 g/mol. The van der Waals surface area contributed by atoms with Crippen LogP contribution in [-0.4, -0.2) is 41.4 Å². The zero-order chi connectivity index (χ0) is 20.3. The molecular formula is C21H23FN4O2. The number of nitrogens with one attached hydrogen (secondary N) is 1. The normalized spacial score (nSPS) is 11.9. The number of carbonyl (C=O) groups excluding carboxylic acids is 1. The van der Waals surface area contributed by atoms with E-state index >= 15 is 0 Å². The number of hydrogen-bond donors (Lipinski definition) is 2. The first-order valence-electron chi connectivity index (χ1n) is 8.88. The number of carbonyl (C=O) groups is 1. The number of nitrogens with zero attached hydrogens (tertiary/aromatic N) is 3. The van der Waals surface area contributed by atoms with Gasteiger partial charge >= 0.3 is 0 Å². The molecule has 6 nitrogen and oxygen atoms in total. The molecule has 0 spiro atoms. The predicted molar refractivity (Wildman–Crippen MR) is 107 cm³/mol. The van der Waals surface area contributed by atoms with Crippen LogP contribution in [0.15, 0.2) is 54.6 Å². The Morgan fingerprint density at radius 3 is 2.43 bits per heavy atom. The zero-order valence-corrected chi connectivity index (χ0v) is 16.1. The summed E-state index contributed by atoms with van der Waals surface area (Å²) in [5.41, 5.74) is 3.41. The van der Waals surface area contributed by atoms with Crippen molar-refractivity contribution in [1.29, 1.82) is 0 Å². The molecule has 0 saturated heterocycles. The molecule has 1 aromatic heterocycles. The van der Waals surface area contributed by atoms with Crippen molar-refractivity contribution in [2.45, 2.75) is 6.10 Å². The highest BCUT2D eigenvalue weighted by atomic mass is 19.1. The van der Waals surface area contributed by atoms with Gasteiger partial charge in [0.15, 0.2) is 0 Å². The third kappa shape index (κ3) is 4.37. The lowest BCUT2D eigenvalue weighted by atomic mass is 10.1. The van der Waals surface area contributed by atoms with Crippen LogP contribution in [0, 0.1) is 5.82 Å². The van der Waals surface area contributed by atoms with E-state index in [0.717, 1.165) is 16.8 Å². The Bertz CT molecular complexity index is 950. The molecule has 1 heterocycles. The third-order valence-electron chi connectivity index (χ3n) is 4.50. The second-order valence-electron chi connectivity index (χ2n) is 6.76. The summed E-state index contributed by atoms with van der Waals surface area (Å²) in [7, 11) is 5.55. The van der Waals surface area contributed by atoms with E-state index in [4.69, 9.17) is 0 Å². The highest BCUT2D eigenvalue weighted by Gasteiger charge is 2.16. The van der Waals surface area contributed by atoms with Crippen molar-refractivity contribution >= 4 is 11.6 Å². The molecule has 2 aromatic carbocycles. The van der Waals surface area contributed by atoms with Crippen molar-refractivity contribution in [2.24, 2.45) is 7.05 Å². The summed E-state index contributed by atoms with van der Waals surface area (Å²) in [6.45, 7) is 0.0806. The molecule has 0 aliphatic carbocycles. The van der Waals surface area contributed by atoms with Gasteiger partial charge in [-0.25, -0.2) is 4.39 Å². The van der Waals surface area contributed by atoms with Gasteiger partial charge in [0.1, 0.15) is 11.5 Å². The van der Waals surface area contributed by atoms with Gasteiger partial charge in [0, 0.05) is 38.9 Å². The fourth-order valence-corrected chi connectivity index (χ4v) is 2.83. The van der Waals surface area contributed by atoms with E-state index < -0.39 is 6.10 Å². The van der Waals surface area contributed by atoms with Gasteiger partial charge in [0.05, 0.1) is 11.8 Å². The Morgan fingerprint density at radius 2 is 1.82 bits per heavy atom. The van der Waals surface area contributed by atoms with Crippen molar-refractivity contribution in [3.8, 4) is 11.3 Å². The van der Waals surface area contributed by atoms with E-state index in [-0.39, 0.29) is 18.3 Å². The maximum atomic E-state index is 13.1. The lowest BCUT2D eigenvalue weighted by molar-refractivity contribution is 0.0907. The molecular weight excluding hydrogens is 359 g/mol. The van der Waals surface area contributed by atoms with Gasteiger partial charge in [-0.1, -0.05) is 12.1 Å². The van der Waals surface area contributed by atoms with Crippen LogP contribution in [-0.2, 0) is 7.05 Å². The highest BCUT2D eigenvalue weighted by molar-refractivity contribution is 5.93. The van der Waals surface area contributed by atoms with E-state index in [1.807, 2.05) is 43.3 Å². The quantitative estimate of drug-likeness (QED) is 0.688. The van der Waals surface area contributed by atoms with E-state index in [1.54, 1.807) is 25.2 Å². The Hall–Kier alpha value is -3.19. The molecule has 0 aliphatic heterocycles. The van der Waals surface area contributed by atoms with Crippen molar-refractivity contribution in [3.63, 3.8) is 0 Å².